The number of benzene rings is 1. The van der Waals surface area contributed by atoms with Crippen LogP contribution in [0.3, 0.4) is 0 Å². The Morgan fingerprint density at radius 1 is 1.14 bits per heavy atom. The van der Waals surface area contributed by atoms with Gasteiger partial charge in [-0.15, -0.1) is 5.10 Å². The normalized spacial score (nSPS) is 14.0. The average Bonchev–Trinajstić information content (AvgIpc) is 3.45. The maximum absolute atomic E-state index is 12.3. The second-order valence-corrected chi connectivity index (χ2v) is 6.77. The minimum absolute atomic E-state index is 0.0338. The number of carbonyl (C=O) groups is 2. The molecule has 1 aromatic carbocycles. The van der Waals surface area contributed by atoms with Gasteiger partial charge < -0.3 is 5.32 Å². The van der Waals surface area contributed by atoms with Crippen molar-refractivity contribution in [2.75, 3.05) is 5.32 Å². The van der Waals surface area contributed by atoms with Gasteiger partial charge in [0.25, 0.3) is 0 Å². The van der Waals surface area contributed by atoms with Crippen molar-refractivity contribution in [3.63, 3.8) is 0 Å². The molecule has 1 fully saturated rings. The van der Waals surface area contributed by atoms with E-state index in [0.717, 1.165) is 24.0 Å². The largest absolute Gasteiger partial charge is 0.471 e. The van der Waals surface area contributed by atoms with Crippen LogP contribution in [0.5, 0.6) is 0 Å². The fourth-order valence-corrected chi connectivity index (χ4v) is 2.83. The minimum atomic E-state index is -4.91. The highest BCUT2D eigenvalue weighted by Crippen LogP contribution is 2.30. The molecule has 2 N–H and O–H groups in total. The molecule has 0 saturated heterocycles. The lowest BCUT2D eigenvalue weighted by Gasteiger charge is -2.09. The van der Waals surface area contributed by atoms with E-state index in [9.17, 15) is 22.8 Å². The second kappa shape index (κ2) is 7.19. The van der Waals surface area contributed by atoms with Crippen molar-refractivity contribution in [1.82, 2.24) is 19.9 Å². The number of aromatic nitrogens is 3. The lowest BCUT2D eigenvalue weighted by atomic mass is 10.1. The van der Waals surface area contributed by atoms with Gasteiger partial charge in [0.15, 0.2) is 5.65 Å². The molecule has 0 spiro atoms. The number of halogens is 3. The maximum atomic E-state index is 12.3. The fourth-order valence-electron chi connectivity index (χ4n) is 2.83. The number of rotatable bonds is 5. The summed E-state index contributed by atoms with van der Waals surface area (Å²) in [6, 6.07) is 10.3. The lowest BCUT2D eigenvalue weighted by molar-refractivity contribution is -0.173. The minimum Gasteiger partial charge on any atom is -0.344 e. The summed E-state index contributed by atoms with van der Waals surface area (Å²) in [6.07, 6.45) is -1.45. The smallest absolute Gasteiger partial charge is 0.344 e. The molecule has 0 aliphatic heterocycles. The topological polar surface area (TPSA) is 88.4 Å². The highest BCUT2D eigenvalue weighted by molar-refractivity contribution is 5.93. The van der Waals surface area contributed by atoms with E-state index < -0.39 is 12.1 Å². The van der Waals surface area contributed by atoms with E-state index >= 15 is 0 Å². The Hall–Kier alpha value is -3.43. The van der Waals surface area contributed by atoms with Crippen molar-refractivity contribution in [2.24, 2.45) is 5.92 Å². The van der Waals surface area contributed by atoms with Crippen LogP contribution in [0.4, 0.5) is 19.1 Å². The highest BCUT2D eigenvalue weighted by Gasteiger charge is 2.38. The summed E-state index contributed by atoms with van der Waals surface area (Å²) in [5, 5.41) is 8.80. The molecule has 0 radical (unpaired) electrons. The van der Waals surface area contributed by atoms with Crippen molar-refractivity contribution >= 4 is 23.4 Å². The summed E-state index contributed by atoms with van der Waals surface area (Å²) in [5.74, 6) is -1.81. The number of nitrogens with zero attached hydrogens (tertiary/aromatic N) is 3. The molecule has 10 heteroatoms. The molecule has 0 atom stereocenters. The van der Waals surface area contributed by atoms with Crippen LogP contribution in [-0.4, -0.2) is 32.6 Å². The van der Waals surface area contributed by atoms with E-state index in [0.29, 0.717) is 11.2 Å². The van der Waals surface area contributed by atoms with Gasteiger partial charge in [-0.3, -0.25) is 14.9 Å². The van der Waals surface area contributed by atoms with E-state index in [1.54, 1.807) is 41.0 Å². The van der Waals surface area contributed by atoms with Crippen LogP contribution in [0.2, 0.25) is 0 Å². The van der Waals surface area contributed by atoms with Gasteiger partial charge in [0.1, 0.15) is 0 Å². The summed E-state index contributed by atoms with van der Waals surface area (Å²) in [7, 11) is 0. The van der Waals surface area contributed by atoms with Crippen molar-refractivity contribution in [3.8, 4) is 11.1 Å². The van der Waals surface area contributed by atoms with Crippen molar-refractivity contribution in [2.45, 2.75) is 25.6 Å². The summed E-state index contributed by atoms with van der Waals surface area (Å²) in [5.41, 5.74) is 2.58. The second-order valence-electron chi connectivity index (χ2n) is 6.77. The van der Waals surface area contributed by atoms with Crippen LogP contribution in [-0.2, 0) is 16.1 Å². The molecular formula is C19H16F3N5O2. The molecule has 4 rings (SSSR count). The van der Waals surface area contributed by atoms with E-state index in [1.165, 1.54) is 0 Å². The Labute approximate surface area is 162 Å². The van der Waals surface area contributed by atoms with E-state index in [-0.39, 0.29) is 24.3 Å². The van der Waals surface area contributed by atoms with Crippen molar-refractivity contribution in [1.29, 1.82) is 0 Å². The maximum Gasteiger partial charge on any atom is 0.471 e. The predicted molar refractivity (Wildman–Crippen MR) is 97.7 cm³/mol. The average molecular weight is 403 g/mol. The first-order valence-corrected chi connectivity index (χ1v) is 8.92. The summed E-state index contributed by atoms with van der Waals surface area (Å²) in [6.45, 7) is -0.231. The van der Waals surface area contributed by atoms with Crippen LogP contribution >= 0.6 is 0 Å². The Morgan fingerprint density at radius 2 is 1.86 bits per heavy atom. The Balaban J connectivity index is 1.52. The van der Waals surface area contributed by atoms with Gasteiger partial charge in [-0.05, 0) is 36.1 Å². The number of carbonyl (C=O) groups excluding carboxylic acids is 2. The van der Waals surface area contributed by atoms with Crippen LogP contribution in [0, 0.1) is 5.92 Å². The Kier molecular flexibility index (Phi) is 4.69. The third-order valence-corrected chi connectivity index (χ3v) is 4.52. The van der Waals surface area contributed by atoms with Crippen LogP contribution in [0.1, 0.15) is 18.4 Å². The van der Waals surface area contributed by atoms with E-state index in [1.807, 2.05) is 11.4 Å². The third kappa shape index (κ3) is 4.20. The van der Waals surface area contributed by atoms with E-state index in [4.69, 9.17) is 0 Å². The first-order chi connectivity index (χ1) is 13.8. The summed E-state index contributed by atoms with van der Waals surface area (Å²) >= 11 is 0. The number of hydrogen-bond acceptors (Lipinski definition) is 4. The molecule has 2 aromatic heterocycles. The van der Waals surface area contributed by atoms with Crippen molar-refractivity contribution < 1.29 is 22.8 Å². The summed E-state index contributed by atoms with van der Waals surface area (Å²) in [4.78, 5) is 27.2. The van der Waals surface area contributed by atoms with Gasteiger partial charge in [-0.25, -0.2) is 4.52 Å². The zero-order valence-corrected chi connectivity index (χ0v) is 15.0. The number of fused-ring (bicyclic) bond motifs is 1. The number of hydrogen-bond donors (Lipinski definition) is 2. The molecule has 1 saturated carbocycles. The van der Waals surface area contributed by atoms with Gasteiger partial charge in [0.05, 0.1) is 0 Å². The molecule has 0 unspecified atom stereocenters. The molecule has 150 valence electrons. The number of pyridine rings is 1. The fraction of sp³-hybridized carbons (Fsp3) is 0.263. The Morgan fingerprint density at radius 3 is 2.52 bits per heavy atom. The number of anilines is 1. The van der Waals surface area contributed by atoms with Gasteiger partial charge in [0.2, 0.25) is 11.9 Å². The molecule has 3 aromatic rings. The number of amides is 2. The number of alkyl halides is 3. The highest BCUT2D eigenvalue weighted by atomic mass is 19.4. The first kappa shape index (κ1) is 18.9. The zero-order chi connectivity index (χ0) is 20.6. The zero-order valence-electron chi connectivity index (χ0n) is 15.0. The van der Waals surface area contributed by atoms with Gasteiger partial charge in [-0.2, -0.15) is 18.2 Å². The number of nitrogens with one attached hydrogen (secondary N) is 2. The van der Waals surface area contributed by atoms with Crippen LogP contribution < -0.4 is 10.6 Å². The Bertz CT molecular complexity index is 1070. The van der Waals surface area contributed by atoms with Crippen LogP contribution in [0.15, 0.2) is 42.6 Å². The molecule has 1 aliphatic carbocycles. The van der Waals surface area contributed by atoms with Gasteiger partial charge in [0, 0.05) is 24.2 Å². The summed E-state index contributed by atoms with van der Waals surface area (Å²) < 4.78 is 38.3. The molecule has 2 heterocycles. The standard InChI is InChI=1S/C19H16F3N5O2/c20-19(21,22)17(29)23-10-11-3-5-12(6-4-11)14-2-1-9-27-15(14)24-18(26-27)25-16(28)13-7-8-13/h1-6,9,13H,7-8,10H2,(H,23,29)(H,25,26,28). The van der Waals surface area contributed by atoms with Crippen molar-refractivity contribution in [3.05, 3.63) is 48.2 Å². The van der Waals surface area contributed by atoms with Gasteiger partial charge >= 0.3 is 12.1 Å². The predicted octanol–water partition coefficient (Wildman–Crippen LogP) is 2.92. The molecular weight excluding hydrogens is 387 g/mol. The van der Waals surface area contributed by atoms with E-state index in [2.05, 4.69) is 15.4 Å². The molecule has 7 nitrogen and oxygen atoms in total. The third-order valence-electron chi connectivity index (χ3n) is 4.52. The van der Waals surface area contributed by atoms with Gasteiger partial charge in [-0.1, -0.05) is 24.3 Å². The molecule has 2 amide bonds. The SMILES string of the molecule is O=C(Nc1nc2c(-c3ccc(CNC(=O)C(F)(F)F)cc3)cccn2n1)C1CC1. The molecule has 0 bridgehead atoms. The molecule has 29 heavy (non-hydrogen) atoms. The monoisotopic (exact) mass is 403 g/mol. The van der Waals surface area contributed by atoms with Crippen LogP contribution in [0.25, 0.3) is 16.8 Å². The lowest BCUT2D eigenvalue weighted by Crippen LogP contribution is -2.36. The quantitative estimate of drug-likeness (QED) is 0.686. The first-order valence-electron chi connectivity index (χ1n) is 8.92. The molecule has 1 aliphatic rings.